The molecule has 2 N–H and O–H groups in total. The molecule has 0 bridgehead atoms. The Bertz CT molecular complexity index is 693. The topological polar surface area (TPSA) is 42.9 Å². The average Bonchev–Trinajstić information content (AvgIpc) is 3.36. The Kier molecular flexibility index (Phi) is 8.86. The molecule has 0 spiro atoms. The van der Waals surface area contributed by atoms with Crippen LogP contribution >= 0.6 is 0 Å². The third-order valence-corrected chi connectivity index (χ3v) is 7.80. The number of nitrogens with one attached hydrogen (secondary N) is 2. The first kappa shape index (κ1) is 23.6. The van der Waals surface area contributed by atoms with Crippen LogP contribution in [0.2, 0.25) is 0 Å². The molecule has 1 aromatic carbocycles. The lowest BCUT2D eigenvalue weighted by Crippen LogP contribution is -2.50. The van der Waals surface area contributed by atoms with Crippen molar-refractivity contribution >= 4 is 5.96 Å². The van der Waals surface area contributed by atoms with E-state index in [-0.39, 0.29) is 0 Å². The van der Waals surface area contributed by atoms with Gasteiger partial charge in [-0.25, -0.2) is 0 Å². The van der Waals surface area contributed by atoms with Crippen LogP contribution in [-0.4, -0.2) is 67.1 Å². The van der Waals surface area contributed by atoms with Crippen LogP contribution in [-0.2, 0) is 6.54 Å². The van der Waals surface area contributed by atoms with Gasteiger partial charge in [0.15, 0.2) is 5.96 Å². The number of benzene rings is 1. The minimum Gasteiger partial charge on any atom is -0.357 e. The highest BCUT2D eigenvalue weighted by molar-refractivity contribution is 5.80. The number of rotatable bonds is 7. The van der Waals surface area contributed by atoms with Crippen molar-refractivity contribution < 1.29 is 0 Å². The van der Waals surface area contributed by atoms with Gasteiger partial charge in [-0.3, -0.25) is 9.89 Å². The summed E-state index contributed by atoms with van der Waals surface area (Å²) in [5, 5.41) is 7.25. The zero-order chi connectivity index (χ0) is 22.2. The number of piperidine rings is 2. The Morgan fingerprint density at radius 3 is 2.28 bits per heavy atom. The van der Waals surface area contributed by atoms with Crippen molar-refractivity contribution in [1.82, 2.24) is 20.4 Å². The van der Waals surface area contributed by atoms with Crippen LogP contribution in [0.4, 0.5) is 0 Å². The van der Waals surface area contributed by atoms with E-state index in [1.807, 2.05) is 0 Å². The Morgan fingerprint density at radius 1 is 0.938 bits per heavy atom. The first-order valence-corrected chi connectivity index (χ1v) is 13.3. The highest BCUT2D eigenvalue weighted by Crippen LogP contribution is 2.26. The monoisotopic (exact) mass is 439 g/mol. The number of nitrogens with zero attached hydrogens (tertiary/aromatic N) is 3. The number of hydrogen-bond donors (Lipinski definition) is 2. The Hall–Kier alpha value is -1.59. The Labute approximate surface area is 196 Å². The minimum absolute atomic E-state index is 0.571. The smallest absolute Gasteiger partial charge is 0.191 e. The van der Waals surface area contributed by atoms with Crippen LogP contribution in [0.3, 0.4) is 0 Å². The van der Waals surface area contributed by atoms with Gasteiger partial charge in [-0.05, 0) is 76.9 Å². The lowest BCUT2D eigenvalue weighted by Gasteiger charge is -2.36. The van der Waals surface area contributed by atoms with E-state index >= 15 is 0 Å². The summed E-state index contributed by atoms with van der Waals surface area (Å²) in [7, 11) is 0. The van der Waals surface area contributed by atoms with Crippen molar-refractivity contribution in [3.8, 4) is 0 Å². The summed E-state index contributed by atoms with van der Waals surface area (Å²) in [4.78, 5) is 10.4. The fraction of sp³-hybridized carbons (Fsp3) is 0.741. The molecule has 2 heterocycles. The minimum atomic E-state index is 0.571. The normalized spacial score (nSPS) is 23.0. The highest BCUT2D eigenvalue weighted by Gasteiger charge is 2.27. The molecule has 5 nitrogen and oxygen atoms in total. The Morgan fingerprint density at radius 2 is 1.62 bits per heavy atom. The van der Waals surface area contributed by atoms with Crippen molar-refractivity contribution in [3.05, 3.63) is 35.4 Å². The predicted octanol–water partition coefficient (Wildman–Crippen LogP) is 4.17. The van der Waals surface area contributed by atoms with Gasteiger partial charge in [-0.1, -0.05) is 42.7 Å². The van der Waals surface area contributed by atoms with Gasteiger partial charge in [0.05, 0.1) is 0 Å². The first-order chi connectivity index (χ1) is 15.7. The van der Waals surface area contributed by atoms with Gasteiger partial charge < -0.3 is 15.5 Å². The van der Waals surface area contributed by atoms with Gasteiger partial charge >= 0.3 is 0 Å². The fourth-order valence-electron chi connectivity index (χ4n) is 5.69. The largest absolute Gasteiger partial charge is 0.357 e. The quantitative estimate of drug-likeness (QED) is 0.494. The molecule has 0 aromatic heterocycles. The van der Waals surface area contributed by atoms with Crippen LogP contribution in [0.25, 0.3) is 0 Å². The van der Waals surface area contributed by atoms with Crippen molar-refractivity contribution in [2.75, 3.05) is 39.3 Å². The maximum atomic E-state index is 5.01. The van der Waals surface area contributed by atoms with Gasteiger partial charge in [0.1, 0.15) is 0 Å². The van der Waals surface area contributed by atoms with Crippen LogP contribution in [0.5, 0.6) is 0 Å². The molecule has 3 fully saturated rings. The summed E-state index contributed by atoms with van der Waals surface area (Å²) in [6.07, 6.45) is 10.7. The maximum Gasteiger partial charge on any atom is 0.191 e. The molecule has 0 unspecified atom stereocenters. The molecule has 5 heteroatoms. The average molecular weight is 440 g/mol. The van der Waals surface area contributed by atoms with Gasteiger partial charge in [-0.15, -0.1) is 0 Å². The number of aliphatic imine (C=N–C) groups is 1. The third-order valence-electron chi connectivity index (χ3n) is 7.80. The van der Waals surface area contributed by atoms with E-state index < -0.39 is 0 Å². The second kappa shape index (κ2) is 12.0. The zero-order valence-corrected chi connectivity index (χ0v) is 20.5. The van der Waals surface area contributed by atoms with E-state index in [1.165, 1.54) is 88.7 Å². The molecule has 32 heavy (non-hydrogen) atoms. The van der Waals surface area contributed by atoms with E-state index in [4.69, 9.17) is 4.99 Å². The fourth-order valence-corrected chi connectivity index (χ4v) is 5.69. The maximum absolute atomic E-state index is 5.01. The van der Waals surface area contributed by atoms with Crippen LogP contribution in [0.15, 0.2) is 29.3 Å². The van der Waals surface area contributed by atoms with Gasteiger partial charge in [0, 0.05) is 44.8 Å². The van der Waals surface area contributed by atoms with Crippen molar-refractivity contribution in [2.45, 2.75) is 83.8 Å². The molecular weight excluding hydrogens is 394 g/mol. The van der Waals surface area contributed by atoms with Gasteiger partial charge in [-0.2, -0.15) is 0 Å². The molecule has 3 aliphatic rings. The van der Waals surface area contributed by atoms with Crippen molar-refractivity contribution in [3.63, 3.8) is 0 Å². The van der Waals surface area contributed by atoms with E-state index in [1.54, 1.807) is 0 Å². The summed E-state index contributed by atoms with van der Waals surface area (Å²) in [6, 6.07) is 10.4. The first-order valence-electron chi connectivity index (χ1n) is 13.3. The summed E-state index contributed by atoms with van der Waals surface area (Å²) in [5.74, 6) is 1.75. The number of aryl methyl sites for hydroxylation is 1. The van der Waals surface area contributed by atoms with Crippen LogP contribution in [0.1, 0.15) is 69.4 Å². The molecule has 1 saturated carbocycles. The number of guanidine groups is 1. The van der Waals surface area contributed by atoms with E-state index in [2.05, 4.69) is 58.5 Å². The lowest BCUT2D eigenvalue weighted by molar-refractivity contribution is 0.150. The van der Waals surface area contributed by atoms with E-state index in [0.29, 0.717) is 12.0 Å². The second-order valence-electron chi connectivity index (χ2n) is 10.3. The lowest BCUT2D eigenvalue weighted by atomic mass is 9.96. The summed E-state index contributed by atoms with van der Waals surface area (Å²) in [6.45, 7) is 12.2. The summed E-state index contributed by atoms with van der Waals surface area (Å²) >= 11 is 0. The SMILES string of the molecule is CCNC(=NCC1CCN(Cc2ccc(C)cc2)CC1)NC1CCN(C2CCCC2)CC1. The molecule has 4 rings (SSSR count). The van der Waals surface area contributed by atoms with Crippen molar-refractivity contribution in [2.24, 2.45) is 10.9 Å². The van der Waals surface area contributed by atoms with Gasteiger partial charge in [0.25, 0.3) is 0 Å². The van der Waals surface area contributed by atoms with Crippen LogP contribution in [0, 0.1) is 12.8 Å². The third kappa shape index (κ3) is 6.95. The second-order valence-corrected chi connectivity index (χ2v) is 10.3. The van der Waals surface area contributed by atoms with Gasteiger partial charge in [0.2, 0.25) is 0 Å². The molecule has 0 atom stereocenters. The molecule has 2 aliphatic heterocycles. The number of hydrogen-bond acceptors (Lipinski definition) is 3. The molecule has 0 amide bonds. The highest BCUT2D eigenvalue weighted by atomic mass is 15.2. The predicted molar refractivity (Wildman–Crippen MR) is 135 cm³/mol. The van der Waals surface area contributed by atoms with Crippen molar-refractivity contribution in [1.29, 1.82) is 0 Å². The van der Waals surface area contributed by atoms with E-state index in [9.17, 15) is 0 Å². The summed E-state index contributed by atoms with van der Waals surface area (Å²) in [5.41, 5.74) is 2.78. The Balaban J connectivity index is 1.18. The number of likely N-dealkylation sites (tertiary alicyclic amines) is 2. The summed E-state index contributed by atoms with van der Waals surface area (Å²) < 4.78 is 0. The zero-order valence-electron chi connectivity index (χ0n) is 20.5. The van der Waals surface area contributed by atoms with Crippen LogP contribution < -0.4 is 10.6 Å². The molecule has 1 aliphatic carbocycles. The molecule has 2 saturated heterocycles. The molecule has 0 radical (unpaired) electrons. The standard InChI is InChI=1S/C27H45N5/c1-3-28-27(30-25-14-18-32(19-15-25)26-6-4-5-7-26)29-20-23-12-16-31(17-13-23)21-24-10-8-22(2)9-11-24/h8-11,23,25-26H,3-7,12-21H2,1-2H3,(H2,28,29,30). The molecule has 178 valence electrons. The molecular formula is C27H45N5. The molecule has 1 aromatic rings. The van der Waals surface area contributed by atoms with E-state index in [0.717, 1.165) is 31.6 Å².